The first kappa shape index (κ1) is 17.5. The summed E-state index contributed by atoms with van der Waals surface area (Å²) in [6, 6.07) is 15.3. The summed E-state index contributed by atoms with van der Waals surface area (Å²) in [7, 11) is 0. The molecule has 3 nitrogen and oxygen atoms in total. The molecule has 27 heavy (non-hydrogen) atoms. The number of hydrogen-bond donors (Lipinski definition) is 1. The van der Waals surface area contributed by atoms with Crippen LogP contribution in [0.15, 0.2) is 46.9 Å². The molecule has 1 N–H and O–H groups in total. The standard InChI is InChI=1S/C22H21BrClN3/c23-16-7-5-15-12-17(8-6-14(15)11-16)27-10-9-20-21(13-27)26-22(25-20)18-3-1-2-4-19(18)24/h1-5,7,11,17H,6,8-10,12-13H2,(H,25,26). The van der Waals surface area contributed by atoms with E-state index in [4.69, 9.17) is 16.6 Å². The van der Waals surface area contributed by atoms with Crippen molar-refractivity contribution in [1.82, 2.24) is 14.9 Å². The normalized spacial score (nSPS) is 19.6. The Hall–Kier alpha value is -1.62. The maximum absolute atomic E-state index is 6.36. The van der Waals surface area contributed by atoms with Gasteiger partial charge in [0.05, 0.1) is 16.4 Å². The first-order chi connectivity index (χ1) is 13.2. The molecular formula is C22H21BrClN3. The number of hydrogen-bond acceptors (Lipinski definition) is 2. The van der Waals surface area contributed by atoms with Gasteiger partial charge in [0.2, 0.25) is 0 Å². The smallest absolute Gasteiger partial charge is 0.139 e. The van der Waals surface area contributed by atoms with Crippen LogP contribution in [0.5, 0.6) is 0 Å². The molecule has 3 aromatic rings. The average Bonchev–Trinajstić information content (AvgIpc) is 3.11. The van der Waals surface area contributed by atoms with Crippen LogP contribution in [0.25, 0.3) is 11.4 Å². The van der Waals surface area contributed by atoms with E-state index in [0.29, 0.717) is 6.04 Å². The quantitative estimate of drug-likeness (QED) is 0.575. The number of nitrogens with one attached hydrogen (secondary N) is 1. The molecule has 0 bridgehead atoms. The Morgan fingerprint density at radius 3 is 2.89 bits per heavy atom. The molecule has 1 aliphatic carbocycles. The van der Waals surface area contributed by atoms with Crippen molar-refractivity contribution >= 4 is 27.5 Å². The van der Waals surface area contributed by atoms with Gasteiger partial charge in [-0.1, -0.05) is 45.7 Å². The summed E-state index contributed by atoms with van der Waals surface area (Å²) < 4.78 is 1.19. The Kier molecular flexibility index (Phi) is 4.58. The molecule has 0 amide bonds. The van der Waals surface area contributed by atoms with Gasteiger partial charge in [-0.25, -0.2) is 4.98 Å². The third-order valence-corrected chi connectivity index (χ3v) is 6.70. The fraction of sp³-hybridized carbons (Fsp3) is 0.318. The zero-order valence-electron chi connectivity index (χ0n) is 15.0. The predicted octanol–water partition coefficient (Wildman–Crippen LogP) is 5.41. The molecule has 0 saturated heterocycles. The molecule has 5 heteroatoms. The highest BCUT2D eigenvalue weighted by atomic mass is 79.9. The van der Waals surface area contributed by atoms with Crippen molar-refractivity contribution in [2.45, 2.75) is 38.3 Å². The highest BCUT2D eigenvalue weighted by molar-refractivity contribution is 9.10. The molecule has 2 heterocycles. The Balaban J connectivity index is 1.36. The number of imidazole rings is 1. The van der Waals surface area contributed by atoms with Gasteiger partial charge >= 0.3 is 0 Å². The number of H-pyrrole nitrogens is 1. The van der Waals surface area contributed by atoms with Crippen LogP contribution in [0.1, 0.15) is 28.9 Å². The maximum Gasteiger partial charge on any atom is 0.139 e. The van der Waals surface area contributed by atoms with E-state index in [1.807, 2.05) is 24.3 Å². The molecule has 0 spiro atoms. The van der Waals surface area contributed by atoms with Gasteiger partial charge in [-0.3, -0.25) is 4.90 Å². The second kappa shape index (κ2) is 7.08. The van der Waals surface area contributed by atoms with Gasteiger partial charge < -0.3 is 4.98 Å². The van der Waals surface area contributed by atoms with Crippen LogP contribution in [0.4, 0.5) is 0 Å². The van der Waals surface area contributed by atoms with Gasteiger partial charge in [0.15, 0.2) is 0 Å². The molecular weight excluding hydrogens is 422 g/mol. The lowest BCUT2D eigenvalue weighted by Crippen LogP contribution is -2.42. The number of nitrogens with zero attached hydrogens (tertiary/aromatic N) is 2. The second-order valence-electron chi connectivity index (χ2n) is 7.52. The highest BCUT2D eigenvalue weighted by Gasteiger charge is 2.29. The minimum Gasteiger partial charge on any atom is -0.340 e. The molecule has 1 atom stereocenters. The summed E-state index contributed by atoms with van der Waals surface area (Å²) >= 11 is 9.95. The Morgan fingerprint density at radius 2 is 2.00 bits per heavy atom. The van der Waals surface area contributed by atoms with E-state index in [2.05, 4.69) is 44.0 Å². The maximum atomic E-state index is 6.36. The number of benzene rings is 2. The summed E-state index contributed by atoms with van der Waals surface area (Å²) in [5.74, 6) is 0.895. The fourth-order valence-corrected chi connectivity index (χ4v) is 5.06. The Labute approximate surface area is 172 Å². The van der Waals surface area contributed by atoms with Crippen molar-refractivity contribution in [1.29, 1.82) is 0 Å². The lowest BCUT2D eigenvalue weighted by molar-refractivity contribution is 0.160. The minimum atomic E-state index is 0.610. The van der Waals surface area contributed by atoms with Gasteiger partial charge in [0.1, 0.15) is 5.82 Å². The highest BCUT2D eigenvalue weighted by Crippen LogP contribution is 2.31. The number of aromatic amines is 1. The van der Waals surface area contributed by atoms with Gasteiger partial charge in [0.25, 0.3) is 0 Å². The van der Waals surface area contributed by atoms with E-state index in [1.165, 1.54) is 33.4 Å². The molecule has 2 aromatic carbocycles. The number of aromatic nitrogens is 2. The van der Waals surface area contributed by atoms with E-state index in [-0.39, 0.29) is 0 Å². The molecule has 2 aliphatic rings. The van der Waals surface area contributed by atoms with Crippen LogP contribution in [0.2, 0.25) is 5.02 Å². The molecule has 1 unspecified atom stereocenters. The molecule has 0 fully saturated rings. The largest absolute Gasteiger partial charge is 0.340 e. The van der Waals surface area contributed by atoms with Crippen LogP contribution in [0.3, 0.4) is 0 Å². The summed E-state index contributed by atoms with van der Waals surface area (Å²) in [4.78, 5) is 11.0. The number of rotatable bonds is 2. The molecule has 1 aliphatic heterocycles. The monoisotopic (exact) mass is 441 g/mol. The lowest BCUT2D eigenvalue weighted by atomic mass is 9.87. The van der Waals surface area contributed by atoms with Crippen molar-refractivity contribution in [3.05, 3.63) is 74.5 Å². The van der Waals surface area contributed by atoms with Crippen molar-refractivity contribution < 1.29 is 0 Å². The van der Waals surface area contributed by atoms with Gasteiger partial charge in [-0.15, -0.1) is 0 Å². The van der Waals surface area contributed by atoms with Gasteiger partial charge in [-0.2, -0.15) is 0 Å². The van der Waals surface area contributed by atoms with E-state index < -0.39 is 0 Å². The van der Waals surface area contributed by atoms with Gasteiger partial charge in [-0.05, 0) is 54.7 Å². The first-order valence-electron chi connectivity index (χ1n) is 9.51. The number of aryl methyl sites for hydroxylation is 1. The molecule has 5 rings (SSSR count). The van der Waals surface area contributed by atoms with Crippen molar-refractivity contribution in [3.63, 3.8) is 0 Å². The summed E-state index contributed by atoms with van der Waals surface area (Å²) in [5, 5.41) is 0.746. The summed E-state index contributed by atoms with van der Waals surface area (Å²) in [5.41, 5.74) is 6.43. The summed E-state index contributed by atoms with van der Waals surface area (Å²) in [6.45, 7) is 2.03. The van der Waals surface area contributed by atoms with Crippen molar-refractivity contribution in [2.75, 3.05) is 6.54 Å². The summed E-state index contributed by atoms with van der Waals surface area (Å²) in [6.07, 6.45) is 4.53. The number of fused-ring (bicyclic) bond motifs is 2. The molecule has 1 aromatic heterocycles. The Morgan fingerprint density at radius 1 is 1.11 bits per heavy atom. The lowest BCUT2D eigenvalue weighted by Gasteiger charge is -2.37. The SMILES string of the molecule is Clc1ccccc1-c1nc2c([nH]1)CN(C1CCc3cc(Br)ccc3C1)CC2. The van der Waals surface area contributed by atoms with Crippen molar-refractivity contribution in [3.8, 4) is 11.4 Å². The molecule has 0 radical (unpaired) electrons. The third-order valence-electron chi connectivity index (χ3n) is 5.88. The topological polar surface area (TPSA) is 31.9 Å². The fourth-order valence-electron chi connectivity index (χ4n) is 4.42. The van der Waals surface area contributed by atoms with E-state index in [1.54, 1.807) is 0 Å². The average molecular weight is 443 g/mol. The predicted molar refractivity (Wildman–Crippen MR) is 113 cm³/mol. The zero-order chi connectivity index (χ0) is 18.4. The van der Waals surface area contributed by atoms with Crippen LogP contribution >= 0.6 is 27.5 Å². The second-order valence-corrected chi connectivity index (χ2v) is 8.84. The van der Waals surface area contributed by atoms with E-state index in [0.717, 1.165) is 48.8 Å². The van der Waals surface area contributed by atoms with Crippen LogP contribution in [-0.4, -0.2) is 27.5 Å². The van der Waals surface area contributed by atoms with Gasteiger partial charge in [0, 0.05) is 35.6 Å². The van der Waals surface area contributed by atoms with Crippen molar-refractivity contribution in [2.24, 2.45) is 0 Å². The van der Waals surface area contributed by atoms with Crippen LogP contribution < -0.4 is 0 Å². The van der Waals surface area contributed by atoms with Crippen LogP contribution in [-0.2, 0) is 25.8 Å². The van der Waals surface area contributed by atoms with Crippen LogP contribution in [0, 0.1) is 0 Å². The third kappa shape index (κ3) is 3.35. The molecule has 138 valence electrons. The number of halogens is 2. The zero-order valence-corrected chi connectivity index (χ0v) is 17.4. The van der Waals surface area contributed by atoms with E-state index in [9.17, 15) is 0 Å². The minimum absolute atomic E-state index is 0.610. The van der Waals surface area contributed by atoms with E-state index >= 15 is 0 Å². The first-order valence-corrected chi connectivity index (χ1v) is 10.7. The Bertz CT molecular complexity index is 997. The molecule has 0 saturated carbocycles.